The monoisotopic (exact) mass is 330 g/mol. The van der Waals surface area contributed by atoms with Crippen molar-refractivity contribution < 1.29 is 4.74 Å². The van der Waals surface area contributed by atoms with Crippen molar-refractivity contribution >= 4 is 39.1 Å². The Hall–Kier alpha value is -0.700. The van der Waals surface area contributed by atoms with Crippen molar-refractivity contribution in [1.82, 2.24) is 0 Å². The Bertz CT molecular complexity index is 529. The Labute approximate surface area is 118 Å². The summed E-state index contributed by atoms with van der Waals surface area (Å²) in [5.74, 6) is 0.704. The van der Waals surface area contributed by atoms with Gasteiger partial charge < -0.3 is 4.74 Å². The van der Waals surface area contributed by atoms with Crippen LogP contribution >= 0.6 is 39.1 Å². The van der Waals surface area contributed by atoms with Crippen LogP contribution in [0.1, 0.15) is 5.56 Å². The van der Waals surface area contributed by atoms with Gasteiger partial charge in [-0.25, -0.2) is 0 Å². The predicted octanol–water partition coefficient (Wildman–Crippen LogP) is 5.33. The van der Waals surface area contributed by atoms with E-state index in [4.69, 9.17) is 27.9 Å². The largest absolute Gasteiger partial charge is 0.489 e. The van der Waals surface area contributed by atoms with E-state index >= 15 is 0 Å². The molecule has 4 heteroatoms. The molecule has 0 heterocycles. The van der Waals surface area contributed by atoms with E-state index in [-0.39, 0.29) is 0 Å². The lowest BCUT2D eigenvalue weighted by Gasteiger charge is -2.08. The standard InChI is InChI=1S/C13H9BrCl2O/c14-11-4-2-1-3-9(11)8-17-10-5-6-12(15)13(16)7-10/h1-7H,8H2. The summed E-state index contributed by atoms with van der Waals surface area (Å²) in [4.78, 5) is 0. The smallest absolute Gasteiger partial charge is 0.121 e. The third-order valence-electron chi connectivity index (χ3n) is 2.24. The molecule has 2 aromatic rings. The Morgan fingerprint density at radius 1 is 1.00 bits per heavy atom. The number of hydrogen-bond acceptors (Lipinski definition) is 1. The van der Waals surface area contributed by atoms with Gasteiger partial charge in [0.05, 0.1) is 10.0 Å². The molecule has 0 spiro atoms. The van der Waals surface area contributed by atoms with Gasteiger partial charge in [-0.2, -0.15) is 0 Å². The summed E-state index contributed by atoms with van der Waals surface area (Å²) in [6, 6.07) is 13.1. The molecule has 0 saturated heterocycles. The van der Waals surface area contributed by atoms with Gasteiger partial charge in [-0.3, -0.25) is 0 Å². The fourth-order valence-corrected chi connectivity index (χ4v) is 2.03. The molecule has 0 radical (unpaired) electrons. The average molecular weight is 332 g/mol. The molecule has 0 fully saturated rings. The van der Waals surface area contributed by atoms with E-state index in [2.05, 4.69) is 15.9 Å². The first-order chi connectivity index (χ1) is 8.16. The number of halogens is 3. The molecular weight excluding hydrogens is 323 g/mol. The molecule has 0 amide bonds. The minimum atomic E-state index is 0.486. The minimum absolute atomic E-state index is 0.486. The first-order valence-electron chi connectivity index (χ1n) is 4.98. The second kappa shape index (κ2) is 5.76. The van der Waals surface area contributed by atoms with E-state index in [1.807, 2.05) is 24.3 Å². The van der Waals surface area contributed by atoms with Crippen LogP contribution < -0.4 is 4.74 Å². The van der Waals surface area contributed by atoms with Crippen molar-refractivity contribution in [2.24, 2.45) is 0 Å². The highest BCUT2D eigenvalue weighted by molar-refractivity contribution is 9.10. The zero-order valence-electron chi connectivity index (χ0n) is 8.79. The van der Waals surface area contributed by atoms with Gasteiger partial charge >= 0.3 is 0 Å². The second-order valence-corrected chi connectivity index (χ2v) is 5.12. The number of benzene rings is 2. The molecule has 0 unspecified atom stereocenters. The van der Waals surface area contributed by atoms with Crippen LogP contribution in [0.5, 0.6) is 5.75 Å². The third kappa shape index (κ3) is 3.38. The van der Waals surface area contributed by atoms with Crippen molar-refractivity contribution in [2.45, 2.75) is 6.61 Å². The summed E-state index contributed by atoms with van der Waals surface area (Å²) >= 11 is 15.2. The van der Waals surface area contributed by atoms with Crippen molar-refractivity contribution in [3.05, 3.63) is 62.5 Å². The Morgan fingerprint density at radius 3 is 2.47 bits per heavy atom. The van der Waals surface area contributed by atoms with E-state index in [1.165, 1.54) is 0 Å². The first-order valence-corrected chi connectivity index (χ1v) is 6.53. The van der Waals surface area contributed by atoms with Crippen molar-refractivity contribution in [2.75, 3.05) is 0 Å². The maximum absolute atomic E-state index is 5.91. The summed E-state index contributed by atoms with van der Waals surface area (Å²) in [7, 11) is 0. The quantitative estimate of drug-likeness (QED) is 0.738. The topological polar surface area (TPSA) is 9.23 Å². The zero-order chi connectivity index (χ0) is 12.3. The summed E-state index contributed by atoms with van der Waals surface area (Å²) in [6.07, 6.45) is 0. The van der Waals surface area contributed by atoms with E-state index in [0.29, 0.717) is 22.4 Å². The van der Waals surface area contributed by atoms with Gasteiger partial charge in [-0.15, -0.1) is 0 Å². The maximum atomic E-state index is 5.91. The highest BCUT2D eigenvalue weighted by Gasteiger charge is 2.02. The van der Waals surface area contributed by atoms with Crippen LogP contribution in [0.3, 0.4) is 0 Å². The SMILES string of the molecule is Clc1ccc(OCc2ccccc2Br)cc1Cl. The van der Waals surface area contributed by atoms with Crippen molar-refractivity contribution in [1.29, 1.82) is 0 Å². The van der Waals surface area contributed by atoms with E-state index < -0.39 is 0 Å². The van der Waals surface area contributed by atoms with Crippen LogP contribution in [0, 0.1) is 0 Å². The zero-order valence-corrected chi connectivity index (χ0v) is 11.9. The van der Waals surface area contributed by atoms with Gasteiger partial charge in [0.25, 0.3) is 0 Å². The summed E-state index contributed by atoms with van der Waals surface area (Å²) in [5, 5.41) is 1.02. The molecule has 88 valence electrons. The third-order valence-corrected chi connectivity index (χ3v) is 3.76. The fourth-order valence-electron chi connectivity index (χ4n) is 1.34. The van der Waals surface area contributed by atoms with Gasteiger partial charge in [-0.05, 0) is 18.2 Å². The summed E-state index contributed by atoms with van der Waals surface area (Å²) in [6.45, 7) is 0.486. The molecule has 0 saturated carbocycles. The normalized spacial score (nSPS) is 10.3. The van der Waals surface area contributed by atoms with E-state index in [0.717, 1.165) is 10.0 Å². The number of ether oxygens (including phenoxy) is 1. The van der Waals surface area contributed by atoms with Crippen LogP contribution in [-0.2, 0) is 6.61 Å². The summed E-state index contributed by atoms with van der Waals surface area (Å²) < 4.78 is 6.66. The van der Waals surface area contributed by atoms with Crippen molar-refractivity contribution in [3.8, 4) is 5.75 Å². The summed E-state index contributed by atoms with van der Waals surface area (Å²) in [5.41, 5.74) is 1.08. The fraction of sp³-hybridized carbons (Fsp3) is 0.0769. The van der Waals surface area contributed by atoms with E-state index in [9.17, 15) is 0 Å². The molecule has 2 rings (SSSR count). The average Bonchev–Trinajstić information content (AvgIpc) is 2.32. The Kier molecular flexibility index (Phi) is 4.32. The Balaban J connectivity index is 2.08. The van der Waals surface area contributed by atoms with Crippen LogP contribution in [0.2, 0.25) is 10.0 Å². The van der Waals surface area contributed by atoms with Gasteiger partial charge in [-0.1, -0.05) is 57.3 Å². The molecular formula is C13H9BrCl2O. The lowest BCUT2D eigenvalue weighted by molar-refractivity contribution is 0.305. The molecule has 1 nitrogen and oxygen atoms in total. The van der Waals surface area contributed by atoms with Crippen molar-refractivity contribution in [3.63, 3.8) is 0 Å². The molecule has 0 aromatic heterocycles. The molecule has 0 N–H and O–H groups in total. The second-order valence-electron chi connectivity index (χ2n) is 3.46. The highest BCUT2D eigenvalue weighted by Crippen LogP contribution is 2.27. The molecule has 17 heavy (non-hydrogen) atoms. The van der Waals surface area contributed by atoms with Gasteiger partial charge in [0.2, 0.25) is 0 Å². The molecule has 0 aliphatic rings. The van der Waals surface area contributed by atoms with Gasteiger partial charge in [0, 0.05) is 16.1 Å². The lowest BCUT2D eigenvalue weighted by atomic mass is 10.2. The predicted molar refractivity (Wildman–Crippen MR) is 74.9 cm³/mol. The minimum Gasteiger partial charge on any atom is -0.489 e. The van der Waals surface area contributed by atoms with Gasteiger partial charge in [0.15, 0.2) is 0 Å². The lowest BCUT2D eigenvalue weighted by Crippen LogP contribution is -1.96. The van der Waals surface area contributed by atoms with Crippen LogP contribution in [0.15, 0.2) is 46.9 Å². The van der Waals surface area contributed by atoms with Crippen LogP contribution in [-0.4, -0.2) is 0 Å². The Morgan fingerprint density at radius 2 is 1.76 bits per heavy atom. The molecule has 0 aliphatic carbocycles. The molecule has 0 atom stereocenters. The number of rotatable bonds is 3. The molecule has 2 aromatic carbocycles. The van der Waals surface area contributed by atoms with Crippen LogP contribution in [0.4, 0.5) is 0 Å². The highest BCUT2D eigenvalue weighted by atomic mass is 79.9. The van der Waals surface area contributed by atoms with Gasteiger partial charge in [0.1, 0.15) is 12.4 Å². The van der Waals surface area contributed by atoms with Crippen LogP contribution in [0.25, 0.3) is 0 Å². The van der Waals surface area contributed by atoms with E-state index in [1.54, 1.807) is 18.2 Å². The molecule has 0 bridgehead atoms. The maximum Gasteiger partial charge on any atom is 0.121 e. The number of hydrogen-bond donors (Lipinski definition) is 0. The molecule has 0 aliphatic heterocycles. The first kappa shape index (κ1) is 12.7.